The first-order valence-electron chi connectivity index (χ1n) is 12.8. The van der Waals surface area contributed by atoms with Crippen molar-refractivity contribution >= 4 is 58.2 Å². The minimum atomic E-state index is -2.09. The first kappa shape index (κ1) is 30.6. The number of nitrogens with zero attached hydrogens (tertiary/aromatic N) is 4. The van der Waals surface area contributed by atoms with E-state index in [2.05, 4.69) is 27.8 Å². The molecule has 42 heavy (non-hydrogen) atoms. The van der Waals surface area contributed by atoms with Gasteiger partial charge < -0.3 is 25.0 Å². The number of phenolic OH excluding ortho intramolecular Hbond substituents is 1. The van der Waals surface area contributed by atoms with E-state index in [1.807, 2.05) is 24.3 Å². The number of halogens is 3. The summed E-state index contributed by atoms with van der Waals surface area (Å²) in [5, 5.41) is 34.4. The highest BCUT2D eigenvalue weighted by molar-refractivity contribution is 7.99. The van der Waals surface area contributed by atoms with Crippen LogP contribution >= 0.6 is 46.6 Å². The summed E-state index contributed by atoms with van der Waals surface area (Å²) in [5.74, 6) is -0.163. The molecule has 4 unspecified atom stereocenters. The lowest BCUT2D eigenvalue weighted by atomic mass is 9.91. The molecule has 4 atom stereocenters. The van der Waals surface area contributed by atoms with E-state index in [0.717, 1.165) is 16.7 Å². The van der Waals surface area contributed by atoms with Crippen LogP contribution in [0.1, 0.15) is 36.0 Å². The highest BCUT2D eigenvalue weighted by Crippen LogP contribution is 2.43. The molecule has 0 saturated carbocycles. The molecule has 1 aromatic heterocycles. The number of hydrogen-bond acceptors (Lipinski definition) is 9. The van der Waals surface area contributed by atoms with Gasteiger partial charge >= 0.3 is 0 Å². The Balaban J connectivity index is 1.37. The molecule has 0 radical (unpaired) electrons. The standard InChI is InChI=1S/C28H26Cl3N5O5S/c1-16-23(15-42-27-33-34-35-36(27)21-10-12-22(38)13-11-21)40-25(41-24(16)18-4-2-17(14-37)3-5-18)19-6-8-20(9-7-19)32-26(39)28(29,30)31/h2-13,16,23-25,37-38H,14-15H2,1H3,(H,32,39). The van der Waals surface area contributed by atoms with Crippen molar-refractivity contribution in [2.75, 3.05) is 11.1 Å². The number of ether oxygens (including phenoxy) is 2. The Labute approximate surface area is 260 Å². The van der Waals surface area contributed by atoms with Gasteiger partial charge in [0.2, 0.25) is 5.16 Å². The number of aliphatic hydroxyl groups is 1. The number of rotatable bonds is 8. The molecule has 220 valence electrons. The summed E-state index contributed by atoms with van der Waals surface area (Å²) in [5.41, 5.74) is 3.64. The van der Waals surface area contributed by atoms with Gasteiger partial charge in [0, 0.05) is 22.9 Å². The second-order valence-electron chi connectivity index (χ2n) is 9.60. The van der Waals surface area contributed by atoms with Crippen LogP contribution in [0.2, 0.25) is 0 Å². The van der Waals surface area contributed by atoms with Gasteiger partial charge in [0.15, 0.2) is 6.29 Å². The van der Waals surface area contributed by atoms with E-state index in [0.29, 0.717) is 22.3 Å². The van der Waals surface area contributed by atoms with Gasteiger partial charge in [-0.05, 0) is 58.0 Å². The highest BCUT2D eigenvalue weighted by Gasteiger charge is 2.39. The maximum atomic E-state index is 12.0. The molecule has 10 nitrogen and oxygen atoms in total. The van der Waals surface area contributed by atoms with E-state index >= 15 is 0 Å². The first-order chi connectivity index (χ1) is 20.1. The number of aliphatic hydroxyl groups excluding tert-OH is 1. The molecule has 4 aromatic rings. The fraction of sp³-hybridized carbons (Fsp3) is 0.286. The van der Waals surface area contributed by atoms with Gasteiger partial charge in [-0.15, -0.1) is 5.10 Å². The van der Waals surface area contributed by atoms with Gasteiger partial charge in [0.05, 0.1) is 24.5 Å². The zero-order valence-electron chi connectivity index (χ0n) is 22.1. The molecule has 3 aromatic carbocycles. The van der Waals surface area contributed by atoms with Crippen molar-refractivity contribution < 1.29 is 24.5 Å². The van der Waals surface area contributed by atoms with Crippen LogP contribution in [0.25, 0.3) is 5.69 Å². The molecule has 0 bridgehead atoms. The zero-order chi connectivity index (χ0) is 29.9. The van der Waals surface area contributed by atoms with Gasteiger partial charge in [-0.25, -0.2) is 0 Å². The number of aromatic nitrogens is 4. The van der Waals surface area contributed by atoms with Crippen molar-refractivity contribution in [2.45, 2.75) is 41.0 Å². The lowest BCUT2D eigenvalue weighted by molar-refractivity contribution is -0.268. The third-order valence-electron chi connectivity index (χ3n) is 6.73. The minimum absolute atomic E-state index is 0.0523. The number of tetrazole rings is 1. The largest absolute Gasteiger partial charge is 0.508 e. The van der Waals surface area contributed by atoms with Crippen LogP contribution in [0, 0.1) is 5.92 Å². The zero-order valence-corrected chi connectivity index (χ0v) is 25.2. The van der Waals surface area contributed by atoms with Crippen LogP contribution in [0.5, 0.6) is 5.75 Å². The second kappa shape index (κ2) is 13.2. The summed E-state index contributed by atoms with van der Waals surface area (Å²) in [6, 6.07) is 21.1. The van der Waals surface area contributed by atoms with Crippen molar-refractivity contribution in [3.8, 4) is 11.4 Å². The van der Waals surface area contributed by atoms with E-state index in [1.54, 1.807) is 53.2 Å². The molecule has 0 aliphatic carbocycles. The molecule has 5 rings (SSSR count). The Morgan fingerprint density at radius 1 is 1.00 bits per heavy atom. The number of alkyl halides is 3. The minimum Gasteiger partial charge on any atom is -0.508 e. The Hall–Kier alpha value is -2.90. The predicted molar refractivity (Wildman–Crippen MR) is 160 cm³/mol. The number of hydrogen-bond donors (Lipinski definition) is 3. The number of nitrogens with one attached hydrogen (secondary N) is 1. The molecule has 0 spiro atoms. The van der Waals surface area contributed by atoms with Crippen LogP contribution in [-0.2, 0) is 20.9 Å². The van der Waals surface area contributed by atoms with Crippen molar-refractivity contribution in [1.29, 1.82) is 0 Å². The smallest absolute Gasteiger partial charge is 0.276 e. The Morgan fingerprint density at radius 2 is 1.67 bits per heavy atom. The average Bonchev–Trinajstić information content (AvgIpc) is 3.46. The third-order valence-corrected chi connectivity index (χ3v) is 8.26. The molecule has 1 aliphatic heterocycles. The molecule has 1 fully saturated rings. The van der Waals surface area contributed by atoms with Crippen LogP contribution < -0.4 is 5.32 Å². The summed E-state index contributed by atoms with van der Waals surface area (Å²) < 4.78 is 12.5. The van der Waals surface area contributed by atoms with E-state index in [-0.39, 0.29) is 30.5 Å². The van der Waals surface area contributed by atoms with Crippen molar-refractivity contribution in [3.63, 3.8) is 0 Å². The number of benzene rings is 3. The molecule has 1 aliphatic rings. The van der Waals surface area contributed by atoms with E-state index in [4.69, 9.17) is 44.3 Å². The van der Waals surface area contributed by atoms with E-state index < -0.39 is 16.0 Å². The fourth-order valence-electron chi connectivity index (χ4n) is 4.42. The van der Waals surface area contributed by atoms with E-state index in [9.17, 15) is 15.0 Å². The third kappa shape index (κ3) is 7.17. The average molecular weight is 651 g/mol. The van der Waals surface area contributed by atoms with Gasteiger partial charge in [-0.3, -0.25) is 4.79 Å². The van der Waals surface area contributed by atoms with Gasteiger partial charge in [-0.1, -0.05) is 89.9 Å². The summed E-state index contributed by atoms with van der Waals surface area (Å²) in [4.78, 5) is 12.0. The first-order valence-corrected chi connectivity index (χ1v) is 14.9. The predicted octanol–water partition coefficient (Wildman–Crippen LogP) is 5.75. The normalized spacial score (nSPS) is 20.8. The molecular formula is C28H26Cl3N5O5S. The Morgan fingerprint density at radius 3 is 2.31 bits per heavy atom. The highest BCUT2D eigenvalue weighted by atomic mass is 35.6. The SMILES string of the molecule is CC1C(CSc2nnnn2-c2ccc(O)cc2)OC(c2ccc(NC(=O)C(Cl)(Cl)Cl)cc2)OC1c1ccc(CO)cc1. The molecule has 2 heterocycles. The second-order valence-corrected chi connectivity index (χ2v) is 12.9. The van der Waals surface area contributed by atoms with Crippen LogP contribution in [-0.4, -0.2) is 52.0 Å². The number of phenols is 1. The lowest BCUT2D eigenvalue weighted by Gasteiger charge is -2.41. The number of carbonyl (C=O) groups excluding carboxylic acids is 1. The number of aromatic hydroxyl groups is 1. The van der Waals surface area contributed by atoms with Gasteiger partial charge in [-0.2, -0.15) is 4.68 Å². The number of thioether (sulfide) groups is 1. The number of anilines is 1. The number of amides is 1. The van der Waals surface area contributed by atoms with Crippen molar-refractivity contribution in [1.82, 2.24) is 20.2 Å². The maximum Gasteiger partial charge on any atom is 0.276 e. The summed E-state index contributed by atoms with van der Waals surface area (Å²) in [6.07, 6.45) is -1.32. The Kier molecular flexibility index (Phi) is 9.58. The van der Waals surface area contributed by atoms with Gasteiger partial charge in [0.25, 0.3) is 9.70 Å². The molecule has 1 saturated heterocycles. The topological polar surface area (TPSA) is 132 Å². The summed E-state index contributed by atoms with van der Waals surface area (Å²) in [6.45, 7) is 2.01. The summed E-state index contributed by atoms with van der Waals surface area (Å²) >= 11 is 18.4. The quantitative estimate of drug-likeness (QED) is 0.161. The fourth-order valence-corrected chi connectivity index (χ4v) is 5.61. The van der Waals surface area contributed by atoms with Crippen LogP contribution in [0.15, 0.2) is 78.0 Å². The molecule has 14 heteroatoms. The van der Waals surface area contributed by atoms with Crippen LogP contribution in [0.4, 0.5) is 5.69 Å². The Bertz CT molecular complexity index is 1500. The summed E-state index contributed by atoms with van der Waals surface area (Å²) in [7, 11) is 0. The van der Waals surface area contributed by atoms with E-state index in [1.165, 1.54) is 11.8 Å². The van der Waals surface area contributed by atoms with Crippen LogP contribution in [0.3, 0.4) is 0 Å². The van der Waals surface area contributed by atoms with Crippen molar-refractivity contribution in [3.05, 3.63) is 89.5 Å². The molecular weight excluding hydrogens is 625 g/mol. The molecule has 1 amide bonds. The lowest BCUT2D eigenvalue weighted by Crippen LogP contribution is -2.38. The monoisotopic (exact) mass is 649 g/mol. The molecule has 3 N–H and O–H groups in total. The maximum absolute atomic E-state index is 12.0. The number of carbonyl (C=O) groups is 1. The van der Waals surface area contributed by atoms with Gasteiger partial charge in [0.1, 0.15) is 5.75 Å². The van der Waals surface area contributed by atoms with Crippen molar-refractivity contribution in [2.24, 2.45) is 5.92 Å².